The molecule has 3 rings (SSSR count). The molecule has 1 aromatic heterocycles. The van der Waals surface area contributed by atoms with Crippen molar-refractivity contribution >= 4 is 29.3 Å². The molecule has 1 aliphatic carbocycles. The molecule has 1 aromatic carbocycles. The van der Waals surface area contributed by atoms with Crippen molar-refractivity contribution in [2.45, 2.75) is 42.6 Å². The summed E-state index contributed by atoms with van der Waals surface area (Å²) in [6.45, 7) is 2.22. The molecule has 5 nitrogen and oxygen atoms in total. The summed E-state index contributed by atoms with van der Waals surface area (Å²) < 4.78 is 1.86. The van der Waals surface area contributed by atoms with Crippen LogP contribution in [0.4, 0.5) is 0 Å². The van der Waals surface area contributed by atoms with Crippen molar-refractivity contribution < 1.29 is 4.79 Å². The van der Waals surface area contributed by atoms with Gasteiger partial charge in [0.25, 0.3) is 0 Å². The van der Waals surface area contributed by atoms with E-state index < -0.39 is 0 Å². The first kappa shape index (κ1) is 15.4. The third kappa shape index (κ3) is 3.44. The number of aromatic nitrogens is 3. The molecule has 0 unspecified atom stereocenters. The first-order chi connectivity index (χ1) is 10.5. The molecule has 0 saturated heterocycles. The quantitative estimate of drug-likeness (QED) is 0.822. The highest BCUT2D eigenvalue weighted by Gasteiger charge is 2.31. The van der Waals surface area contributed by atoms with Crippen LogP contribution in [-0.2, 0) is 11.3 Å². The molecule has 2 N–H and O–H groups in total. The van der Waals surface area contributed by atoms with E-state index in [4.69, 9.17) is 17.3 Å². The molecule has 1 heterocycles. The van der Waals surface area contributed by atoms with Crippen LogP contribution in [0.5, 0.6) is 0 Å². The number of halogens is 1. The second-order valence-electron chi connectivity index (χ2n) is 5.48. The smallest absolute Gasteiger partial charge is 0.237 e. The largest absolute Gasteiger partial charge is 0.368 e. The highest BCUT2D eigenvalue weighted by Crippen LogP contribution is 2.41. The molecular formula is C15H17ClN4OS. The average molecular weight is 337 g/mol. The lowest BCUT2D eigenvalue weighted by atomic mass is 10.2. The zero-order chi connectivity index (χ0) is 15.7. The van der Waals surface area contributed by atoms with E-state index in [1.54, 1.807) is 11.8 Å². The minimum Gasteiger partial charge on any atom is -0.368 e. The topological polar surface area (TPSA) is 73.8 Å². The molecule has 1 atom stereocenters. The van der Waals surface area contributed by atoms with Gasteiger partial charge in [0, 0.05) is 16.2 Å². The van der Waals surface area contributed by atoms with Crippen LogP contribution in [0.15, 0.2) is 29.4 Å². The van der Waals surface area contributed by atoms with E-state index in [1.807, 2.05) is 28.8 Å². The predicted molar refractivity (Wildman–Crippen MR) is 86.9 cm³/mol. The number of nitrogens with zero attached hydrogens (tertiary/aromatic N) is 3. The third-order valence-corrected chi connectivity index (χ3v) is 5.01. The van der Waals surface area contributed by atoms with Gasteiger partial charge in [-0.15, -0.1) is 10.2 Å². The van der Waals surface area contributed by atoms with Gasteiger partial charge in [-0.05, 0) is 37.5 Å². The number of rotatable bonds is 6. The van der Waals surface area contributed by atoms with Gasteiger partial charge in [-0.1, -0.05) is 35.5 Å². The Morgan fingerprint density at radius 2 is 2.09 bits per heavy atom. The van der Waals surface area contributed by atoms with Crippen LogP contribution in [0.3, 0.4) is 0 Å². The van der Waals surface area contributed by atoms with E-state index in [9.17, 15) is 4.79 Å². The first-order valence-electron chi connectivity index (χ1n) is 7.18. The number of carbonyl (C=O) groups is 1. The van der Waals surface area contributed by atoms with Crippen molar-refractivity contribution in [2.75, 3.05) is 0 Å². The van der Waals surface area contributed by atoms with Crippen molar-refractivity contribution in [3.8, 4) is 0 Å². The number of amides is 1. The Labute approximate surface area is 138 Å². The van der Waals surface area contributed by atoms with Gasteiger partial charge in [-0.3, -0.25) is 9.36 Å². The Kier molecular flexibility index (Phi) is 4.40. The van der Waals surface area contributed by atoms with E-state index in [0.717, 1.165) is 29.4 Å². The summed E-state index contributed by atoms with van der Waals surface area (Å²) in [5.41, 5.74) is 6.51. The van der Waals surface area contributed by atoms with Crippen molar-refractivity contribution in [3.63, 3.8) is 0 Å². The Bertz CT molecular complexity index is 681. The summed E-state index contributed by atoms with van der Waals surface area (Å²) in [6.07, 6.45) is 2.21. The van der Waals surface area contributed by atoms with Gasteiger partial charge in [0.05, 0.1) is 0 Å². The molecular weight excluding hydrogens is 320 g/mol. The average Bonchev–Trinajstić information content (AvgIpc) is 3.24. The van der Waals surface area contributed by atoms with E-state index in [0.29, 0.717) is 10.9 Å². The highest BCUT2D eigenvalue weighted by atomic mass is 35.5. The van der Waals surface area contributed by atoms with E-state index in [-0.39, 0.29) is 17.7 Å². The van der Waals surface area contributed by atoms with Crippen molar-refractivity contribution in [1.82, 2.24) is 14.8 Å². The van der Waals surface area contributed by atoms with Gasteiger partial charge in [0.15, 0.2) is 5.16 Å². The molecule has 0 aliphatic heterocycles. The molecule has 0 radical (unpaired) electrons. The molecule has 116 valence electrons. The maximum Gasteiger partial charge on any atom is 0.237 e. The molecule has 22 heavy (non-hydrogen) atoms. The summed E-state index contributed by atoms with van der Waals surface area (Å²) in [6, 6.07) is 7.74. The van der Waals surface area contributed by atoms with Gasteiger partial charge in [-0.25, -0.2) is 0 Å². The Balaban J connectivity index is 1.81. The molecule has 1 amide bonds. The third-order valence-electron chi connectivity index (χ3n) is 3.62. The minimum atomic E-state index is -0.373. The summed E-state index contributed by atoms with van der Waals surface area (Å²) in [5, 5.41) is 10.1. The number of nitrogens with two attached hydrogens (primary N) is 1. The SMILES string of the molecule is C[C@H](Sc1nnc(C2CC2)n1CC(N)=O)c1ccc(Cl)cc1. The van der Waals surface area contributed by atoms with Crippen LogP contribution < -0.4 is 5.73 Å². The van der Waals surface area contributed by atoms with Crippen LogP contribution in [-0.4, -0.2) is 20.7 Å². The summed E-state index contributed by atoms with van der Waals surface area (Å²) in [4.78, 5) is 11.3. The van der Waals surface area contributed by atoms with Gasteiger partial charge >= 0.3 is 0 Å². The highest BCUT2D eigenvalue weighted by molar-refractivity contribution is 7.99. The molecule has 1 aliphatic rings. The maximum atomic E-state index is 11.3. The summed E-state index contributed by atoms with van der Waals surface area (Å²) in [7, 11) is 0. The molecule has 0 spiro atoms. The summed E-state index contributed by atoms with van der Waals surface area (Å²) in [5.74, 6) is 0.930. The zero-order valence-electron chi connectivity index (χ0n) is 12.2. The van der Waals surface area contributed by atoms with E-state index in [1.165, 1.54) is 0 Å². The number of primary amides is 1. The van der Waals surface area contributed by atoms with Crippen molar-refractivity contribution in [2.24, 2.45) is 5.73 Å². The Morgan fingerprint density at radius 1 is 1.41 bits per heavy atom. The van der Waals surface area contributed by atoms with E-state index >= 15 is 0 Å². The number of thioether (sulfide) groups is 1. The fourth-order valence-electron chi connectivity index (χ4n) is 2.30. The standard InChI is InChI=1S/C15H17ClN4OS/c1-9(10-4-6-12(16)7-5-10)22-15-19-18-14(11-2-3-11)20(15)8-13(17)21/h4-7,9,11H,2-3,8H2,1H3,(H2,17,21)/t9-/m0/s1. The van der Waals surface area contributed by atoms with Gasteiger partial charge in [-0.2, -0.15) is 0 Å². The number of benzene rings is 1. The predicted octanol–water partition coefficient (Wildman–Crippen LogP) is 3.15. The lowest BCUT2D eigenvalue weighted by molar-refractivity contribution is -0.118. The lowest BCUT2D eigenvalue weighted by Crippen LogP contribution is -2.20. The number of hydrogen-bond acceptors (Lipinski definition) is 4. The van der Waals surface area contributed by atoms with Gasteiger partial charge < -0.3 is 5.73 Å². The summed E-state index contributed by atoms with van der Waals surface area (Å²) >= 11 is 7.50. The molecule has 7 heteroatoms. The van der Waals surface area contributed by atoms with E-state index in [2.05, 4.69) is 17.1 Å². The lowest BCUT2D eigenvalue weighted by Gasteiger charge is -2.12. The van der Waals surface area contributed by atoms with Crippen molar-refractivity contribution in [1.29, 1.82) is 0 Å². The molecule has 1 fully saturated rings. The number of carbonyl (C=O) groups excluding carboxylic acids is 1. The second-order valence-corrected chi connectivity index (χ2v) is 7.22. The Morgan fingerprint density at radius 3 is 2.68 bits per heavy atom. The molecule has 1 saturated carbocycles. The molecule has 0 bridgehead atoms. The molecule has 2 aromatic rings. The minimum absolute atomic E-state index is 0.133. The van der Waals surface area contributed by atoms with Crippen LogP contribution >= 0.6 is 23.4 Å². The zero-order valence-corrected chi connectivity index (χ0v) is 13.8. The van der Waals surface area contributed by atoms with Crippen LogP contribution in [0.25, 0.3) is 0 Å². The second kappa shape index (κ2) is 6.30. The van der Waals surface area contributed by atoms with Crippen molar-refractivity contribution in [3.05, 3.63) is 40.7 Å². The fraction of sp³-hybridized carbons (Fsp3) is 0.400. The normalized spacial score (nSPS) is 15.7. The Hall–Kier alpha value is -1.53. The maximum absolute atomic E-state index is 11.3. The van der Waals surface area contributed by atoms with Gasteiger partial charge in [0.1, 0.15) is 12.4 Å². The number of hydrogen-bond donors (Lipinski definition) is 1. The first-order valence-corrected chi connectivity index (χ1v) is 8.44. The monoisotopic (exact) mass is 336 g/mol. The van der Waals surface area contributed by atoms with Crippen LogP contribution in [0.2, 0.25) is 5.02 Å². The fourth-order valence-corrected chi connectivity index (χ4v) is 3.40. The van der Waals surface area contributed by atoms with Crippen LogP contribution in [0, 0.1) is 0 Å². The van der Waals surface area contributed by atoms with Crippen LogP contribution in [0.1, 0.15) is 42.3 Å². The van der Waals surface area contributed by atoms with Gasteiger partial charge in [0.2, 0.25) is 5.91 Å².